The van der Waals surface area contributed by atoms with E-state index in [9.17, 15) is 9.59 Å². The second kappa shape index (κ2) is 7.66. The molecule has 0 aliphatic rings. The van der Waals surface area contributed by atoms with Crippen LogP contribution in [-0.4, -0.2) is 27.9 Å². The Morgan fingerprint density at radius 2 is 1.88 bits per heavy atom. The van der Waals surface area contributed by atoms with Crippen molar-refractivity contribution in [2.75, 3.05) is 6.61 Å². The van der Waals surface area contributed by atoms with E-state index < -0.39 is 5.97 Å². The van der Waals surface area contributed by atoms with Gasteiger partial charge in [-0.3, -0.25) is 4.79 Å². The van der Waals surface area contributed by atoms with Crippen molar-refractivity contribution < 1.29 is 14.3 Å². The van der Waals surface area contributed by atoms with E-state index in [0.717, 1.165) is 11.4 Å². The van der Waals surface area contributed by atoms with Gasteiger partial charge in [-0.2, -0.15) is 0 Å². The van der Waals surface area contributed by atoms with Gasteiger partial charge in [-0.1, -0.05) is 30.3 Å². The Morgan fingerprint density at radius 1 is 1.15 bits per heavy atom. The van der Waals surface area contributed by atoms with E-state index in [0.29, 0.717) is 22.7 Å². The summed E-state index contributed by atoms with van der Waals surface area (Å²) in [6, 6.07) is 11.9. The van der Waals surface area contributed by atoms with Crippen molar-refractivity contribution >= 4 is 23.1 Å². The highest BCUT2D eigenvalue weighted by Crippen LogP contribution is 2.19. The van der Waals surface area contributed by atoms with Gasteiger partial charge in [-0.05, 0) is 32.4 Å². The number of hydrogen-bond acceptors (Lipinski definition) is 5. The Balaban J connectivity index is 1.71. The van der Waals surface area contributed by atoms with Gasteiger partial charge in [0.2, 0.25) is 5.78 Å². The van der Waals surface area contributed by atoms with Crippen molar-refractivity contribution in [2.45, 2.75) is 27.3 Å². The van der Waals surface area contributed by atoms with Crippen LogP contribution >= 0.6 is 11.3 Å². The molecule has 6 heteroatoms. The van der Waals surface area contributed by atoms with Crippen LogP contribution in [0.25, 0.3) is 0 Å². The number of ether oxygens (including phenoxy) is 1. The number of thiazole rings is 1. The third-order valence-corrected chi connectivity index (χ3v) is 5.23. The Hall–Kier alpha value is -2.73. The average molecular weight is 368 g/mol. The number of aromatic nitrogens is 2. The third kappa shape index (κ3) is 3.75. The van der Waals surface area contributed by atoms with Crippen LogP contribution in [0.5, 0.6) is 0 Å². The van der Waals surface area contributed by atoms with Gasteiger partial charge in [0.05, 0.1) is 11.2 Å². The summed E-state index contributed by atoms with van der Waals surface area (Å²) >= 11 is 1.22. The van der Waals surface area contributed by atoms with E-state index in [1.54, 1.807) is 12.4 Å². The molecule has 5 nitrogen and oxygen atoms in total. The molecule has 0 unspecified atom stereocenters. The SMILES string of the molecule is Cc1ncsc1C(=O)OCC(=O)c1cc(C)n(Cc2ccccc2)c1C. The van der Waals surface area contributed by atoms with Crippen molar-refractivity contribution in [2.24, 2.45) is 0 Å². The molecule has 134 valence electrons. The first-order chi connectivity index (χ1) is 12.5. The molecule has 3 rings (SSSR count). The Kier molecular flexibility index (Phi) is 5.32. The molecule has 0 fully saturated rings. The molecule has 26 heavy (non-hydrogen) atoms. The van der Waals surface area contributed by atoms with Crippen LogP contribution in [0.4, 0.5) is 0 Å². The van der Waals surface area contributed by atoms with Crippen molar-refractivity contribution in [1.29, 1.82) is 0 Å². The minimum Gasteiger partial charge on any atom is -0.453 e. The molecule has 0 aliphatic heterocycles. The summed E-state index contributed by atoms with van der Waals surface area (Å²) in [4.78, 5) is 29.0. The maximum Gasteiger partial charge on any atom is 0.350 e. The average Bonchev–Trinajstić information content (AvgIpc) is 3.18. The number of Topliss-reactive ketones (excluding diaryl/α,β-unsaturated/α-hetero) is 1. The van der Waals surface area contributed by atoms with Crippen LogP contribution in [-0.2, 0) is 11.3 Å². The van der Waals surface area contributed by atoms with Gasteiger partial charge in [0, 0.05) is 23.5 Å². The van der Waals surface area contributed by atoms with E-state index in [4.69, 9.17) is 4.74 Å². The Labute approximate surface area is 156 Å². The summed E-state index contributed by atoms with van der Waals surface area (Å²) in [5.74, 6) is -0.704. The molecule has 0 bridgehead atoms. The fraction of sp³-hybridized carbons (Fsp3) is 0.250. The van der Waals surface area contributed by atoms with Gasteiger partial charge in [-0.25, -0.2) is 9.78 Å². The van der Waals surface area contributed by atoms with Crippen LogP contribution in [0.1, 0.15) is 42.7 Å². The van der Waals surface area contributed by atoms with E-state index in [1.165, 1.54) is 16.9 Å². The molecule has 0 atom stereocenters. The van der Waals surface area contributed by atoms with E-state index >= 15 is 0 Å². The minimum absolute atomic E-state index is 0.201. The zero-order valence-electron chi connectivity index (χ0n) is 15.0. The molecule has 2 aromatic heterocycles. The molecule has 0 spiro atoms. The van der Waals surface area contributed by atoms with Crippen molar-refractivity contribution in [1.82, 2.24) is 9.55 Å². The normalized spacial score (nSPS) is 10.7. The third-order valence-electron chi connectivity index (χ3n) is 4.32. The molecule has 0 radical (unpaired) electrons. The quantitative estimate of drug-likeness (QED) is 0.488. The Morgan fingerprint density at radius 3 is 2.54 bits per heavy atom. The number of benzene rings is 1. The first-order valence-electron chi connectivity index (χ1n) is 8.28. The number of carbonyl (C=O) groups excluding carboxylic acids is 2. The number of nitrogens with zero attached hydrogens (tertiary/aromatic N) is 2. The summed E-state index contributed by atoms with van der Waals surface area (Å²) in [6.07, 6.45) is 0. The van der Waals surface area contributed by atoms with Crippen LogP contribution in [0, 0.1) is 20.8 Å². The lowest BCUT2D eigenvalue weighted by Gasteiger charge is -2.10. The topological polar surface area (TPSA) is 61.2 Å². The zero-order valence-corrected chi connectivity index (χ0v) is 15.8. The highest BCUT2D eigenvalue weighted by atomic mass is 32.1. The lowest BCUT2D eigenvalue weighted by Crippen LogP contribution is -2.15. The minimum atomic E-state index is -0.503. The molecular formula is C20H20N2O3S. The second-order valence-electron chi connectivity index (χ2n) is 6.12. The van der Waals surface area contributed by atoms with Gasteiger partial charge in [0.15, 0.2) is 6.61 Å². The van der Waals surface area contributed by atoms with E-state index in [2.05, 4.69) is 21.7 Å². The molecular weight excluding hydrogens is 348 g/mol. The monoisotopic (exact) mass is 368 g/mol. The van der Waals surface area contributed by atoms with Crippen LogP contribution < -0.4 is 0 Å². The maximum absolute atomic E-state index is 12.5. The predicted octanol–water partition coefficient (Wildman–Crippen LogP) is 3.96. The van der Waals surface area contributed by atoms with Crippen molar-refractivity contribution in [3.8, 4) is 0 Å². The number of carbonyl (C=O) groups is 2. The summed E-state index contributed by atoms with van der Waals surface area (Å²) < 4.78 is 7.27. The van der Waals surface area contributed by atoms with Gasteiger partial charge in [-0.15, -0.1) is 11.3 Å². The zero-order chi connectivity index (χ0) is 18.7. The molecule has 0 amide bonds. The first-order valence-corrected chi connectivity index (χ1v) is 9.16. The lowest BCUT2D eigenvalue weighted by atomic mass is 10.1. The summed E-state index contributed by atoms with van der Waals surface area (Å²) in [6.45, 7) is 6.06. The second-order valence-corrected chi connectivity index (χ2v) is 6.98. The van der Waals surface area contributed by atoms with Crippen LogP contribution in [0.15, 0.2) is 41.9 Å². The van der Waals surface area contributed by atoms with E-state index in [1.807, 2.05) is 38.1 Å². The fourth-order valence-electron chi connectivity index (χ4n) is 2.86. The lowest BCUT2D eigenvalue weighted by molar-refractivity contribution is 0.0478. The number of ketones is 1. The van der Waals surface area contributed by atoms with Gasteiger partial charge >= 0.3 is 5.97 Å². The molecule has 0 N–H and O–H groups in total. The molecule has 0 saturated heterocycles. The predicted molar refractivity (Wildman–Crippen MR) is 101 cm³/mol. The number of aryl methyl sites for hydroxylation is 2. The maximum atomic E-state index is 12.5. The molecule has 0 saturated carbocycles. The van der Waals surface area contributed by atoms with Gasteiger partial charge in [0.1, 0.15) is 4.88 Å². The summed E-state index contributed by atoms with van der Waals surface area (Å²) in [7, 11) is 0. The number of esters is 1. The van der Waals surface area contributed by atoms with E-state index in [-0.39, 0.29) is 12.4 Å². The van der Waals surface area contributed by atoms with Gasteiger partial charge < -0.3 is 9.30 Å². The number of hydrogen-bond donors (Lipinski definition) is 0. The van der Waals surface area contributed by atoms with Crippen molar-refractivity contribution in [3.63, 3.8) is 0 Å². The largest absolute Gasteiger partial charge is 0.453 e. The Bertz CT molecular complexity index is 941. The molecule has 3 aromatic rings. The molecule has 1 aromatic carbocycles. The smallest absolute Gasteiger partial charge is 0.350 e. The standard InChI is InChI=1S/C20H20N2O3S/c1-13-9-17(15(3)22(13)10-16-7-5-4-6-8-16)18(23)11-25-20(24)19-14(2)21-12-26-19/h4-9,12H,10-11H2,1-3H3. The van der Waals surface area contributed by atoms with Gasteiger partial charge in [0.25, 0.3) is 0 Å². The summed E-state index contributed by atoms with van der Waals surface area (Å²) in [5, 5.41) is 0. The van der Waals surface area contributed by atoms with Crippen molar-refractivity contribution in [3.05, 3.63) is 75.0 Å². The first kappa shape index (κ1) is 18.1. The fourth-order valence-corrected chi connectivity index (χ4v) is 3.56. The molecule has 2 heterocycles. The molecule has 0 aliphatic carbocycles. The highest BCUT2D eigenvalue weighted by molar-refractivity contribution is 7.11. The summed E-state index contributed by atoms with van der Waals surface area (Å²) in [5.41, 5.74) is 5.84. The van der Waals surface area contributed by atoms with Crippen LogP contribution in [0.3, 0.4) is 0 Å². The van der Waals surface area contributed by atoms with Crippen LogP contribution in [0.2, 0.25) is 0 Å². The number of rotatable bonds is 6. The highest BCUT2D eigenvalue weighted by Gasteiger charge is 2.19.